The highest BCUT2D eigenvalue weighted by Crippen LogP contribution is 2.22. The van der Waals surface area contributed by atoms with Crippen molar-refractivity contribution >= 4 is 12.3 Å². The maximum absolute atomic E-state index is 12.3. The second-order valence-electron chi connectivity index (χ2n) is 6.96. The van der Waals surface area contributed by atoms with Gasteiger partial charge in [0.1, 0.15) is 19.0 Å². The van der Waals surface area contributed by atoms with E-state index in [9.17, 15) is 9.59 Å². The van der Waals surface area contributed by atoms with Gasteiger partial charge in [-0.15, -0.1) is 0 Å². The van der Waals surface area contributed by atoms with Crippen LogP contribution in [0.2, 0.25) is 0 Å². The van der Waals surface area contributed by atoms with Gasteiger partial charge in [0, 0.05) is 0 Å². The summed E-state index contributed by atoms with van der Waals surface area (Å²) >= 11 is 0. The van der Waals surface area contributed by atoms with Gasteiger partial charge in [0.25, 0.3) is 0 Å². The van der Waals surface area contributed by atoms with E-state index in [0.29, 0.717) is 24.3 Å². The van der Waals surface area contributed by atoms with Crippen molar-refractivity contribution in [2.75, 3.05) is 0 Å². The predicted octanol–water partition coefficient (Wildman–Crippen LogP) is 5.00. The molecule has 0 aliphatic carbocycles. The molecule has 1 atom stereocenters. The molecule has 0 heterocycles. The van der Waals surface area contributed by atoms with E-state index in [-0.39, 0.29) is 18.5 Å². The number of hydrogen-bond acceptors (Lipinski definition) is 4. The van der Waals surface area contributed by atoms with Crippen LogP contribution < -0.4 is 4.74 Å². The van der Waals surface area contributed by atoms with Gasteiger partial charge in [-0.05, 0) is 35.2 Å². The van der Waals surface area contributed by atoms with Crippen LogP contribution in [0.15, 0.2) is 78.9 Å². The van der Waals surface area contributed by atoms with Crippen LogP contribution in [0.3, 0.4) is 0 Å². The summed E-state index contributed by atoms with van der Waals surface area (Å²) in [6.45, 7) is 2.48. The van der Waals surface area contributed by atoms with Crippen molar-refractivity contribution in [1.29, 1.82) is 0 Å². The van der Waals surface area contributed by atoms with E-state index < -0.39 is 0 Å². The predicted molar refractivity (Wildman–Crippen MR) is 112 cm³/mol. The van der Waals surface area contributed by atoms with Gasteiger partial charge in [0.15, 0.2) is 6.29 Å². The molecule has 29 heavy (non-hydrogen) atoms. The third-order valence-electron chi connectivity index (χ3n) is 4.61. The van der Waals surface area contributed by atoms with Crippen LogP contribution in [-0.4, -0.2) is 12.3 Å². The van der Waals surface area contributed by atoms with Crippen molar-refractivity contribution < 1.29 is 19.1 Å². The van der Waals surface area contributed by atoms with E-state index in [0.717, 1.165) is 23.0 Å². The lowest BCUT2D eigenvalue weighted by atomic mass is 9.99. The van der Waals surface area contributed by atoms with Crippen molar-refractivity contribution in [3.8, 4) is 5.75 Å². The average molecular weight is 388 g/mol. The largest absolute Gasteiger partial charge is 0.488 e. The number of ether oxygens (including phenoxy) is 2. The van der Waals surface area contributed by atoms with Crippen LogP contribution >= 0.6 is 0 Å². The first-order valence-electron chi connectivity index (χ1n) is 9.61. The molecule has 4 heteroatoms. The van der Waals surface area contributed by atoms with E-state index in [4.69, 9.17) is 9.47 Å². The topological polar surface area (TPSA) is 52.6 Å². The summed E-state index contributed by atoms with van der Waals surface area (Å²) in [5.74, 6) is -0.0351. The monoisotopic (exact) mass is 388 g/mol. The van der Waals surface area contributed by atoms with Crippen molar-refractivity contribution in [1.82, 2.24) is 0 Å². The van der Waals surface area contributed by atoms with Crippen molar-refractivity contribution in [3.05, 3.63) is 101 Å². The smallest absolute Gasteiger partial charge is 0.309 e. The van der Waals surface area contributed by atoms with Gasteiger partial charge in [-0.25, -0.2) is 0 Å². The first-order chi connectivity index (χ1) is 14.2. The molecule has 0 aliphatic rings. The first kappa shape index (κ1) is 20.3. The molecule has 0 radical (unpaired) electrons. The molecular formula is C25H24O4. The number of esters is 1. The molecule has 0 N–H and O–H groups in total. The zero-order valence-electron chi connectivity index (χ0n) is 16.4. The molecule has 0 aromatic heterocycles. The van der Waals surface area contributed by atoms with E-state index >= 15 is 0 Å². The Morgan fingerprint density at radius 2 is 1.48 bits per heavy atom. The molecule has 0 fully saturated rings. The zero-order valence-corrected chi connectivity index (χ0v) is 16.4. The minimum Gasteiger partial charge on any atom is -0.488 e. The highest BCUT2D eigenvalue weighted by atomic mass is 16.5. The minimum atomic E-state index is -0.311. The van der Waals surface area contributed by atoms with Gasteiger partial charge in [-0.3, -0.25) is 9.59 Å². The van der Waals surface area contributed by atoms with Crippen LogP contribution in [0.5, 0.6) is 5.75 Å². The fourth-order valence-corrected chi connectivity index (χ4v) is 2.99. The second kappa shape index (κ2) is 10.2. The van der Waals surface area contributed by atoms with E-state index in [1.54, 1.807) is 12.1 Å². The molecule has 0 amide bonds. The van der Waals surface area contributed by atoms with Crippen LogP contribution in [0, 0.1) is 5.92 Å². The third kappa shape index (κ3) is 6.04. The maximum Gasteiger partial charge on any atom is 0.309 e. The summed E-state index contributed by atoms with van der Waals surface area (Å²) in [5, 5.41) is 0. The number of carbonyl (C=O) groups is 2. The fraction of sp³-hybridized carbons (Fsp3) is 0.200. The van der Waals surface area contributed by atoms with Crippen LogP contribution in [-0.2, 0) is 29.2 Å². The molecule has 1 unspecified atom stereocenters. The summed E-state index contributed by atoms with van der Waals surface area (Å²) in [6, 6.07) is 24.8. The summed E-state index contributed by atoms with van der Waals surface area (Å²) in [4.78, 5) is 23.8. The lowest BCUT2D eigenvalue weighted by Gasteiger charge is -2.14. The Bertz CT molecular complexity index is 936. The summed E-state index contributed by atoms with van der Waals surface area (Å²) in [6.07, 6.45) is 1.27. The molecule has 0 saturated carbocycles. The van der Waals surface area contributed by atoms with Crippen molar-refractivity contribution in [2.24, 2.45) is 5.92 Å². The van der Waals surface area contributed by atoms with Crippen molar-refractivity contribution in [2.45, 2.75) is 26.6 Å². The van der Waals surface area contributed by atoms with E-state index in [1.165, 1.54) is 0 Å². The van der Waals surface area contributed by atoms with Crippen LogP contribution in [0.25, 0.3) is 0 Å². The Hall–Kier alpha value is -3.40. The van der Waals surface area contributed by atoms with Gasteiger partial charge in [-0.1, -0.05) is 73.7 Å². The summed E-state index contributed by atoms with van der Waals surface area (Å²) in [7, 11) is 0. The highest BCUT2D eigenvalue weighted by Gasteiger charge is 2.16. The number of hydrogen-bond donors (Lipinski definition) is 0. The van der Waals surface area contributed by atoms with Gasteiger partial charge in [0.2, 0.25) is 0 Å². The maximum atomic E-state index is 12.3. The van der Waals surface area contributed by atoms with Gasteiger partial charge in [-0.2, -0.15) is 0 Å². The number of carbonyl (C=O) groups excluding carboxylic acids is 2. The molecule has 3 aromatic rings. The average Bonchev–Trinajstić information content (AvgIpc) is 2.77. The Kier molecular flexibility index (Phi) is 7.17. The molecule has 3 rings (SSSR count). The standard InChI is InChI=1S/C25H24O4/c1-19(25(27)29-18-21-10-6-3-7-11-21)14-22-12-13-24(23(15-22)16-26)28-17-20-8-4-2-5-9-20/h2-13,15-16,19H,14,17-18H2,1H3. The number of aldehydes is 1. The molecule has 0 bridgehead atoms. The quantitative estimate of drug-likeness (QED) is 0.382. The SMILES string of the molecule is CC(Cc1ccc(OCc2ccccc2)c(C=O)c1)C(=O)OCc1ccccc1. The molecule has 0 spiro atoms. The second-order valence-corrected chi connectivity index (χ2v) is 6.96. The highest BCUT2D eigenvalue weighted by molar-refractivity contribution is 5.80. The van der Waals surface area contributed by atoms with Crippen LogP contribution in [0.4, 0.5) is 0 Å². The normalized spacial score (nSPS) is 11.5. The third-order valence-corrected chi connectivity index (χ3v) is 4.61. The summed E-state index contributed by atoms with van der Waals surface area (Å²) in [5.41, 5.74) is 3.35. The molecule has 0 saturated heterocycles. The van der Waals surface area contributed by atoms with Crippen molar-refractivity contribution in [3.63, 3.8) is 0 Å². The molecule has 148 valence electrons. The van der Waals surface area contributed by atoms with Gasteiger partial charge >= 0.3 is 5.97 Å². The zero-order chi connectivity index (χ0) is 20.5. The molecule has 0 aliphatic heterocycles. The molecular weight excluding hydrogens is 364 g/mol. The number of rotatable bonds is 9. The van der Waals surface area contributed by atoms with E-state index in [1.807, 2.05) is 73.7 Å². The van der Waals surface area contributed by atoms with Gasteiger partial charge in [0.05, 0.1) is 11.5 Å². The minimum absolute atomic E-state index is 0.258. The Morgan fingerprint density at radius 1 is 0.862 bits per heavy atom. The number of benzene rings is 3. The lowest BCUT2D eigenvalue weighted by Crippen LogP contribution is -2.17. The summed E-state index contributed by atoms with van der Waals surface area (Å²) < 4.78 is 11.2. The Labute approximate surface area is 171 Å². The Balaban J connectivity index is 1.57. The lowest BCUT2D eigenvalue weighted by molar-refractivity contribution is -0.149. The fourth-order valence-electron chi connectivity index (χ4n) is 2.99. The van der Waals surface area contributed by atoms with Crippen LogP contribution in [0.1, 0.15) is 34.0 Å². The van der Waals surface area contributed by atoms with E-state index in [2.05, 4.69) is 0 Å². The van der Waals surface area contributed by atoms with Gasteiger partial charge < -0.3 is 9.47 Å². The molecule has 3 aromatic carbocycles. The molecule has 4 nitrogen and oxygen atoms in total. The first-order valence-corrected chi connectivity index (χ1v) is 9.61. The Morgan fingerprint density at radius 3 is 2.10 bits per heavy atom.